The smallest absolute Gasteiger partial charge is 0.238 e. The van der Waals surface area contributed by atoms with E-state index < -0.39 is 0 Å². The monoisotopic (exact) mass is 702 g/mol. The molecule has 4 aromatic carbocycles. The molecule has 0 aromatic heterocycles. The van der Waals surface area contributed by atoms with Gasteiger partial charge in [0.15, 0.2) is 0 Å². The molecule has 2 heterocycles. The van der Waals surface area contributed by atoms with Gasteiger partial charge in [-0.2, -0.15) is 0 Å². The fourth-order valence-electron chi connectivity index (χ4n) is 9.96. The summed E-state index contributed by atoms with van der Waals surface area (Å²) in [6.45, 7) is 4.34. The first-order chi connectivity index (χ1) is 25.7. The van der Waals surface area contributed by atoms with Crippen LogP contribution in [0.3, 0.4) is 0 Å². The van der Waals surface area contributed by atoms with E-state index >= 15 is 0 Å². The van der Waals surface area contributed by atoms with Crippen molar-refractivity contribution in [3.05, 3.63) is 132 Å². The first kappa shape index (κ1) is 31.9. The van der Waals surface area contributed by atoms with Gasteiger partial charge >= 0.3 is 0 Å². The maximum Gasteiger partial charge on any atom is 0.238 e. The average Bonchev–Trinajstić information content (AvgIpc) is 4.03. The molecule has 0 N–H and O–H groups in total. The highest BCUT2D eigenvalue weighted by Crippen LogP contribution is 2.54. The van der Waals surface area contributed by atoms with Crippen LogP contribution < -0.4 is 19.3 Å². The zero-order chi connectivity index (χ0) is 36.2. The van der Waals surface area contributed by atoms with Crippen LogP contribution in [0.15, 0.2) is 121 Å². The number of ether oxygens (including phenoxy) is 2. The average molecular weight is 703 g/mol. The molecule has 4 aromatic rings. The van der Waals surface area contributed by atoms with Gasteiger partial charge < -0.3 is 9.47 Å². The van der Waals surface area contributed by atoms with Crippen LogP contribution in [0.4, 0.5) is 11.4 Å². The number of carbonyl (C=O) groups is 4. The van der Waals surface area contributed by atoms with Crippen molar-refractivity contribution in [3.8, 4) is 23.0 Å². The fourth-order valence-corrected chi connectivity index (χ4v) is 9.96. The van der Waals surface area contributed by atoms with E-state index in [1.165, 1.54) is 9.80 Å². The minimum Gasteiger partial charge on any atom is -0.457 e. The Morgan fingerprint density at radius 2 is 0.698 bits per heavy atom. The molecular weight excluding hydrogens is 665 g/mol. The minimum absolute atomic E-state index is 0.0845. The summed E-state index contributed by atoms with van der Waals surface area (Å²) in [4.78, 5) is 55.5. The zero-order valence-corrected chi connectivity index (χ0v) is 29.4. The minimum atomic E-state index is -0.301. The third-order valence-corrected chi connectivity index (χ3v) is 12.8. The summed E-state index contributed by atoms with van der Waals surface area (Å²) < 4.78 is 12.3. The van der Waals surface area contributed by atoms with Gasteiger partial charge in [0.05, 0.1) is 35.0 Å². The van der Waals surface area contributed by atoms with Gasteiger partial charge in [-0.1, -0.05) is 62.4 Å². The molecule has 10 rings (SSSR count). The zero-order valence-electron chi connectivity index (χ0n) is 29.4. The number of allylic oxidation sites excluding steroid dienone is 4. The lowest BCUT2D eigenvalue weighted by molar-refractivity contribution is -0.124. The van der Waals surface area contributed by atoms with E-state index in [2.05, 4.69) is 62.4 Å². The Balaban J connectivity index is 0.768. The first-order valence-electron chi connectivity index (χ1n) is 18.5. The van der Waals surface area contributed by atoms with E-state index in [1.807, 2.05) is 24.3 Å². The highest BCUT2D eigenvalue weighted by atomic mass is 16.5. The number of carbonyl (C=O) groups excluding carboxylic acids is 4. The summed E-state index contributed by atoms with van der Waals surface area (Å²) in [6.07, 6.45) is 10.2. The molecule has 8 atom stereocenters. The van der Waals surface area contributed by atoms with Gasteiger partial charge in [-0.05, 0) is 120 Å². The van der Waals surface area contributed by atoms with Crippen LogP contribution >= 0.6 is 0 Å². The van der Waals surface area contributed by atoms with Crippen molar-refractivity contribution < 1.29 is 28.7 Å². The largest absolute Gasteiger partial charge is 0.457 e. The van der Waals surface area contributed by atoms with Crippen LogP contribution in [0.1, 0.15) is 37.8 Å². The number of imide groups is 2. The van der Waals surface area contributed by atoms with Crippen molar-refractivity contribution in [2.75, 3.05) is 9.80 Å². The molecule has 2 saturated heterocycles. The molecule has 2 aliphatic heterocycles. The van der Waals surface area contributed by atoms with Crippen molar-refractivity contribution in [3.63, 3.8) is 0 Å². The summed E-state index contributed by atoms with van der Waals surface area (Å²) in [5.41, 5.74) is 3.11. The van der Waals surface area contributed by atoms with E-state index in [4.69, 9.17) is 9.47 Å². The number of benzene rings is 4. The van der Waals surface area contributed by atoms with Crippen LogP contribution in [0.5, 0.6) is 23.0 Å². The third kappa shape index (κ3) is 4.88. The predicted octanol–water partition coefficient (Wildman–Crippen LogP) is 8.22. The molecule has 4 fully saturated rings. The quantitative estimate of drug-likeness (QED) is 0.136. The second-order valence-electron chi connectivity index (χ2n) is 15.9. The second kappa shape index (κ2) is 11.6. The normalized spacial score (nSPS) is 29.1. The van der Waals surface area contributed by atoms with Crippen LogP contribution in [-0.4, -0.2) is 23.6 Å². The van der Waals surface area contributed by atoms with Gasteiger partial charge in [-0.3, -0.25) is 29.0 Å². The molecule has 2 saturated carbocycles. The van der Waals surface area contributed by atoms with Crippen LogP contribution in [-0.2, 0) is 24.6 Å². The number of hydrogen-bond donors (Lipinski definition) is 0. The molecule has 264 valence electrons. The molecular formula is C45H38N2O6. The Labute approximate surface area is 307 Å². The number of fused-ring (bicyclic) bond motifs is 10. The lowest BCUT2D eigenvalue weighted by Crippen LogP contribution is -2.32. The predicted molar refractivity (Wildman–Crippen MR) is 198 cm³/mol. The molecule has 6 aliphatic rings. The van der Waals surface area contributed by atoms with Gasteiger partial charge in [0, 0.05) is 5.41 Å². The highest BCUT2D eigenvalue weighted by Gasteiger charge is 2.60. The summed E-state index contributed by atoms with van der Waals surface area (Å²) in [6, 6.07) is 30.3. The summed E-state index contributed by atoms with van der Waals surface area (Å²) in [5, 5.41) is 0. The van der Waals surface area contributed by atoms with Crippen LogP contribution in [0, 0.1) is 47.3 Å². The van der Waals surface area contributed by atoms with Gasteiger partial charge in [0.2, 0.25) is 23.6 Å². The summed E-state index contributed by atoms with van der Waals surface area (Å²) in [7, 11) is 0. The first-order valence-corrected chi connectivity index (χ1v) is 18.5. The van der Waals surface area contributed by atoms with Gasteiger partial charge in [0.25, 0.3) is 0 Å². The molecule has 4 amide bonds. The Morgan fingerprint density at radius 1 is 0.434 bits per heavy atom. The third-order valence-electron chi connectivity index (χ3n) is 12.8. The standard InChI is InChI=1S/C45H38N2O6/c1-45(2,29-7-15-33(16-8-29)52-35-19-11-31(12-20-35)46-41(48)37-25-3-4-26(23-25)38(37)42(46)49)30-9-17-34(18-10-30)53-36-21-13-32(14-22-36)47-43(50)39-27-5-6-28(24-27)40(39)44(47)51/h3-22,25-28,37-40H,23-24H2,1-2H3/t25-,26-,27-,28-,37-,38+,39-,40+/m0/s1. The number of rotatable bonds is 8. The summed E-state index contributed by atoms with van der Waals surface area (Å²) >= 11 is 0. The Morgan fingerprint density at radius 3 is 0.981 bits per heavy atom. The Kier molecular flexibility index (Phi) is 7.00. The van der Waals surface area contributed by atoms with Gasteiger partial charge in [-0.25, -0.2) is 0 Å². The Hall–Kier alpha value is -5.76. The van der Waals surface area contributed by atoms with Crippen molar-refractivity contribution >= 4 is 35.0 Å². The van der Waals surface area contributed by atoms with E-state index in [9.17, 15) is 19.2 Å². The van der Waals surface area contributed by atoms with E-state index in [0.29, 0.717) is 34.4 Å². The van der Waals surface area contributed by atoms with E-state index in [1.54, 1.807) is 48.5 Å². The highest BCUT2D eigenvalue weighted by molar-refractivity contribution is 6.23. The number of anilines is 2. The summed E-state index contributed by atoms with van der Waals surface area (Å²) in [5.74, 6) is 2.13. The van der Waals surface area contributed by atoms with E-state index in [-0.39, 0.29) is 76.4 Å². The lowest BCUT2D eigenvalue weighted by Gasteiger charge is -2.26. The van der Waals surface area contributed by atoms with Crippen molar-refractivity contribution in [2.45, 2.75) is 32.1 Å². The molecule has 0 radical (unpaired) electrons. The number of amides is 4. The topological polar surface area (TPSA) is 93.2 Å². The molecule has 4 bridgehead atoms. The van der Waals surface area contributed by atoms with Gasteiger partial charge in [0.1, 0.15) is 23.0 Å². The molecule has 0 unspecified atom stereocenters. The molecule has 0 spiro atoms. The Bertz CT molecular complexity index is 2020. The van der Waals surface area contributed by atoms with Crippen molar-refractivity contribution in [1.82, 2.24) is 0 Å². The van der Waals surface area contributed by atoms with Crippen molar-refractivity contribution in [2.24, 2.45) is 47.3 Å². The maximum atomic E-state index is 13.2. The fraction of sp³-hybridized carbons (Fsp3) is 0.289. The molecule has 4 aliphatic carbocycles. The lowest BCUT2D eigenvalue weighted by atomic mass is 9.78. The SMILES string of the molecule is CC(C)(c1ccc(Oc2ccc(N3C(=O)[C@@H]4[C@H](C3=O)[C@H]3C=C[C@H]4C3)cc2)cc1)c1ccc(Oc2ccc(N3C(=O)[C@@H]4[C@H](C3=O)[C@H]3C=C[C@H]4C3)cc2)cc1. The van der Waals surface area contributed by atoms with Crippen molar-refractivity contribution in [1.29, 1.82) is 0 Å². The molecule has 53 heavy (non-hydrogen) atoms. The maximum absolute atomic E-state index is 13.2. The number of nitrogens with zero attached hydrogens (tertiary/aromatic N) is 2. The van der Waals surface area contributed by atoms with Crippen LogP contribution in [0.25, 0.3) is 0 Å². The second-order valence-corrected chi connectivity index (χ2v) is 15.9. The van der Waals surface area contributed by atoms with Gasteiger partial charge in [-0.15, -0.1) is 0 Å². The number of hydrogen-bond acceptors (Lipinski definition) is 6. The molecule has 8 heteroatoms. The molecule has 8 nitrogen and oxygen atoms in total. The van der Waals surface area contributed by atoms with Crippen LogP contribution in [0.2, 0.25) is 0 Å². The van der Waals surface area contributed by atoms with E-state index in [0.717, 1.165) is 24.0 Å².